The number of hydrogen-bond donors (Lipinski definition) is 0. The zero-order valence-corrected chi connectivity index (χ0v) is 15.4. The van der Waals surface area contributed by atoms with Crippen LogP contribution in [0.15, 0.2) is 41.6 Å². The second kappa shape index (κ2) is 8.19. The molecule has 2 aromatic rings. The zero-order chi connectivity index (χ0) is 17.8. The van der Waals surface area contributed by atoms with Gasteiger partial charge in [0.2, 0.25) is 0 Å². The molecule has 3 nitrogen and oxygen atoms in total. The smallest absolute Gasteiger partial charge is 0.256 e. The molecule has 1 fully saturated rings. The van der Waals surface area contributed by atoms with Gasteiger partial charge in [0.15, 0.2) is 0 Å². The van der Waals surface area contributed by atoms with Crippen molar-refractivity contribution in [1.29, 1.82) is 0 Å². The summed E-state index contributed by atoms with van der Waals surface area (Å²) < 4.78 is 27.5. The molecular formula is C18H18F2N2OS2. The molecule has 1 amide bonds. The molecule has 3 rings (SSSR count). The Bertz CT molecular complexity index is 772. The monoisotopic (exact) mass is 380 g/mol. The van der Waals surface area contributed by atoms with Gasteiger partial charge in [0.1, 0.15) is 16.7 Å². The summed E-state index contributed by atoms with van der Waals surface area (Å²) in [5.74, 6) is -0.204. The van der Waals surface area contributed by atoms with E-state index in [4.69, 9.17) is 0 Å². The standard InChI is InChI=1S/C18H18F2N2OS2/c1-24-17-13(3-2-7-21-17)18(23)22-8-6-16(25-10-9-22)14-11-12(19)4-5-15(14)20/h2-5,7,11,16H,6,8-10H2,1H3. The molecule has 7 heteroatoms. The van der Waals surface area contributed by atoms with Gasteiger partial charge in [0.25, 0.3) is 5.91 Å². The Morgan fingerprint density at radius 1 is 1.32 bits per heavy atom. The summed E-state index contributed by atoms with van der Waals surface area (Å²) in [5, 5.41) is 0.555. The highest BCUT2D eigenvalue weighted by Crippen LogP contribution is 2.36. The van der Waals surface area contributed by atoms with Crippen molar-refractivity contribution in [3.05, 3.63) is 59.3 Å². The fourth-order valence-corrected chi connectivity index (χ4v) is 4.65. The third kappa shape index (κ3) is 4.15. The third-order valence-electron chi connectivity index (χ3n) is 4.13. The fraction of sp³-hybridized carbons (Fsp3) is 0.333. The minimum absolute atomic E-state index is 0.0570. The molecular weight excluding hydrogens is 362 g/mol. The predicted octanol–water partition coefficient (Wildman–Crippen LogP) is 4.40. The van der Waals surface area contributed by atoms with E-state index in [1.54, 1.807) is 35.0 Å². The van der Waals surface area contributed by atoms with Crippen LogP contribution >= 0.6 is 23.5 Å². The van der Waals surface area contributed by atoms with E-state index in [0.717, 1.165) is 6.07 Å². The third-order valence-corrected chi connectivity index (χ3v) is 6.15. The molecule has 0 radical (unpaired) electrons. The first-order valence-corrected chi connectivity index (χ1v) is 10.2. The van der Waals surface area contributed by atoms with Crippen LogP contribution < -0.4 is 0 Å². The Balaban J connectivity index is 1.75. The molecule has 1 saturated heterocycles. The highest BCUT2D eigenvalue weighted by molar-refractivity contribution is 7.99. The first-order valence-electron chi connectivity index (χ1n) is 7.95. The van der Waals surface area contributed by atoms with Gasteiger partial charge in [-0.2, -0.15) is 11.8 Å². The van der Waals surface area contributed by atoms with Gasteiger partial charge in [-0.3, -0.25) is 4.79 Å². The summed E-state index contributed by atoms with van der Waals surface area (Å²) in [7, 11) is 0. The first kappa shape index (κ1) is 18.2. The van der Waals surface area contributed by atoms with Gasteiger partial charge in [0.05, 0.1) is 5.56 Å². The Morgan fingerprint density at radius 2 is 2.16 bits per heavy atom. The molecule has 1 aliphatic heterocycles. The van der Waals surface area contributed by atoms with Crippen LogP contribution in [-0.2, 0) is 0 Å². The minimum atomic E-state index is -0.436. The predicted molar refractivity (Wildman–Crippen MR) is 98.1 cm³/mol. The van der Waals surface area contributed by atoms with Gasteiger partial charge >= 0.3 is 0 Å². The largest absolute Gasteiger partial charge is 0.338 e. The highest BCUT2D eigenvalue weighted by atomic mass is 32.2. The first-order chi connectivity index (χ1) is 12.1. The van der Waals surface area contributed by atoms with Gasteiger partial charge in [-0.1, -0.05) is 0 Å². The lowest BCUT2D eigenvalue weighted by Gasteiger charge is -2.21. The molecule has 132 valence electrons. The summed E-state index contributed by atoms with van der Waals surface area (Å²) in [4.78, 5) is 18.8. The molecule has 2 heterocycles. The van der Waals surface area contributed by atoms with E-state index < -0.39 is 11.6 Å². The highest BCUT2D eigenvalue weighted by Gasteiger charge is 2.26. The van der Waals surface area contributed by atoms with E-state index in [1.165, 1.54) is 23.9 Å². The molecule has 1 atom stereocenters. The van der Waals surface area contributed by atoms with Crippen molar-refractivity contribution in [1.82, 2.24) is 9.88 Å². The van der Waals surface area contributed by atoms with E-state index in [2.05, 4.69) is 4.98 Å². The molecule has 0 N–H and O–H groups in total. The average molecular weight is 380 g/mol. The van der Waals surface area contributed by atoms with Crippen LogP contribution in [-0.4, -0.2) is 40.9 Å². The molecule has 1 aromatic heterocycles. The van der Waals surface area contributed by atoms with E-state index in [-0.39, 0.29) is 11.2 Å². The second-order valence-corrected chi connectivity index (χ2v) is 7.77. The van der Waals surface area contributed by atoms with Crippen LogP contribution in [0.2, 0.25) is 0 Å². The quantitative estimate of drug-likeness (QED) is 0.739. The summed E-state index contributed by atoms with van der Waals surface area (Å²) >= 11 is 3.00. The number of hydrogen-bond acceptors (Lipinski definition) is 4. The van der Waals surface area contributed by atoms with Crippen molar-refractivity contribution in [2.45, 2.75) is 16.7 Å². The summed E-state index contributed by atoms with van der Waals surface area (Å²) in [6, 6.07) is 7.09. The fourth-order valence-electron chi connectivity index (χ4n) is 2.87. The number of aromatic nitrogens is 1. The van der Waals surface area contributed by atoms with Gasteiger partial charge in [0, 0.05) is 35.9 Å². The molecule has 1 aliphatic rings. The molecule has 25 heavy (non-hydrogen) atoms. The van der Waals surface area contributed by atoms with Gasteiger partial charge in [-0.05, 0) is 43.0 Å². The van der Waals surface area contributed by atoms with Crippen LogP contribution in [0.5, 0.6) is 0 Å². The lowest BCUT2D eigenvalue weighted by molar-refractivity contribution is 0.0762. The van der Waals surface area contributed by atoms with E-state index in [9.17, 15) is 13.6 Å². The average Bonchev–Trinajstić information content (AvgIpc) is 2.89. The number of carbonyl (C=O) groups excluding carboxylic acids is 1. The van der Waals surface area contributed by atoms with Crippen LogP contribution in [0.3, 0.4) is 0 Å². The topological polar surface area (TPSA) is 33.2 Å². The molecule has 0 aliphatic carbocycles. The number of amides is 1. The zero-order valence-electron chi connectivity index (χ0n) is 13.7. The van der Waals surface area contributed by atoms with Crippen molar-refractivity contribution in [3.63, 3.8) is 0 Å². The lowest BCUT2D eigenvalue weighted by atomic mass is 10.1. The van der Waals surface area contributed by atoms with Crippen molar-refractivity contribution in [2.24, 2.45) is 0 Å². The van der Waals surface area contributed by atoms with Crippen molar-refractivity contribution in [3.8, 4) is 0 Å². The number of carbonyl (C=O) groups is 1. The molecule has 0 bridgehead atoms. The Morgan fingerprint density at radius 3 is 2.96 bits per heavy atom. The van der Waals surface area contributed by atoms with Crippen LogP contribution in [0.4, 0.5) is 8.78 Å². The van der Waals surface area contributed by atoms with Crippen molar-refractivity contribution < 1.29 is 13.6 Å². The maximum absolute atomic E-state index is 14.0. The number of benzene rings is 1. The molecule has 1 unspecified atom stereocenters. The van der Waals surface area contributed by atoms with Gasteiger partial charge in [-0.25, -0.2) is 13.8 Å². The summed E-state index contributed by atoms with van der Waals surface area (Å²) in [5.41, 5.74) is 0.973. The number of halogens is 2. The van der Waals surface area contributed by atoms with Crippen molar-refractivity contribution >= 4 is 29.4 Å². The maximum atomic E-state index is 14.0. The van der Waals surface area contributed by atoms with Gasteiger partial charge in [-0.15, -0.1) is 11.8 Å². The SMILES string of the molecule is CSc1ncccc1C(=O)N1CCSC(c2cc(F)ccc2F)CC1. The van der Waals surface area contributed by atoms with Crippen molar-refractivity contribution in [2.75, 3.05) is 25.1 Å². The molecule has 0 spiro atoms. The normalized spacial score (nSPS) is 18.0. The second-order valence-electron chi connectivity index (χ2n) is 5.67. The Labute approximate surface area is 154 Å². The number of thioether (sulfide) groups is 2. The minimum Gasteiger partial charge on any atom is -0.338 e. The number of nitrogens with zero attached hydrogens (tertiary/aromatic N) is 2. The summed E-state index contributed by atoms with van der Waals surface area (Å²) in [6.45, 7) is 1.09. The van der Waals surface area contributed by atoms with Crippen LogP contribution in [0.1, 0.15) is 27.6 Å². The summed E-state index contributed by atoms with van der Waals surface area (Å²) in [6.07, 6.45) is 4.15. The maximum Gasteiger partial charge on any atom is 0.256 e. The van der Waals surface area contributed by atoms with Crippen LogP contribution in [0, 0.1) is 11.6 Å². The van der Waals surface area contributed by atoms with E-state index in [1.807, 2.05) is 6.26 Å². The van der Waals surface area contributed by atoms with E-state index >= 15 is 0 Å². The Kier molecular flexibility index (Phi) is 5.96. The number of pyridine rings is 1. The lowest BCUT2D eigenvalue weighted by Crippen LogP contribution is -2.33. The molecule has 1 aromatic carbocycles. The van der Waals surface area contributed by atoms with Crippen LogP contribution in [0.25, 0.3) is 0 Å². The Hall–Kier alpha value is -1.60. The number of rotatable bonds is 3. The van der Waals surface area contributed by atoms with E-state index in [0.29, 0.717) is 41.4 Å². The molecule has 0 saturated carbocycles. The van der Waals surface area contributed by atoms with Gasteiger partial charge < -0.3 is 4.90 Å².